The molecule has 1 heteroatoms. The van der Waals surface area contributed by atoms with Crippen LogP contribution in [0.3, 0.4) is 0 Å². The zero-order chi connectivity index (χ0) is 11.6. The number of allylic oxidation sites excluding steroid dienone is 3. The molecule has 0 saturated carbocycles. The van der Waals surface area contributed by atoms with Crippen LogP contribution in [0.4, 0.5) is 0 Å². The molecule has 2 atom stereocenters. The molecule has 0 heterocycles. The number of aliphatic hydroxyl groups is 1. The van der Waals surface area contributed by atoms with Crippen LogP contribution in [0.1, 0.15) is 40.5 Å². The standard InChI is InChI=1S/C14H24O/c1-10(2)12-7-6-11(3)13(8-12)14(4,5)9-15/h6,12-13,15H,1,7-9H2,2-5H3/t12-,13-/m1/s1. The van der Waals surface area contributed by atoms with Crippen LogP contribution in [-0.2, 0) is 0 Å². The van der Waals surface area contributed by atoms with Crippen molar-refractivity contribution in [2.45, 2.75) is 40.5 Å². The maximum Gasteiger partial charge on any atom is 0.0487 e. The summed E-state index contributed by atoms with van der Waals surface area (Å²) >= 11 is 0. The van der Waals surface area contributed by atoms with Crippen LogP contribution < -0.4 is 0 Å². The Labute approximate surface area is 93.9 Å². The Morgan fingerprint density at radius 1 is 1.60 bits per heavy atom. The fourth-order valence-corrected chi connectivity index (χ4v) is 2.48. The third kappa shape index (κ3) is 2.72. The predicted molar refractivity (Wildman–Crippen MR) is 65.7 cm³/mol. The van der Waals surface area contributed by atoms with Crippen molar-refractivity contribution in [3.8, 4) is 0 Å². The van der Waals surface area contributed by atoms with Crippen molar-refractivity contribution in [2.24, 2.45) is 17.3 Å². The van der Waals surface area contributed by atoms with Crippen molar-refractivity contribution >= 4 is 0 Å². The lowest BCUT2D eigenvalue weighted by Gasteiger charge is -2.39. The molecule has 0 unspecified atom stereocenters. The van der Waals surface area contributed by atoms with Gasteiger partial charge in [-0.1, -0.05) is 37.6 Å². The van der Waals surface area contributed by atoms with E-state index < -0.39 is 0 Å². The van der Waals surface area contributed by atoms with E-state index in [0.29, 0.717) is 11.8 Å². The third-order valence-electron chi connectivity index (χ3n) is 3.84. The summed E-state index contributed by atoms with van der Waals surface area (Å²) in [4.78, 5) is 0. The summed E-state index contributed by atoms with van der Waals surface area (Å²) in [5.41, 5.74) is 2.71. The smallest absolute Gasteiger partial charge is 0.0487 e. The molecule has 1 N–H and O–H groups in total. The Balaban J connectivity index is 2.85. The van der Waals surface area contributed by atoms with E-state index in [-0.39, 0.29) is 12.0 Å². The van der Waals surface area contributed by atoms with Crippen LogP contribution >= 0.6 is 0 Å². The molecule has 0 radical (unpaired) electrons. The molecule has 0 aromatic carbocycles. The van der Waals surface area contributed by atoms with Crippen molar-refractivity contribution in [1.29, 1.82) is 0 Å². The second-order valence-electron chi connectivity index (χ2n) is 5.66. The molecule has 0 fully saturated rings. The van der Waals surface area contributed by atoms with Gasteiger partial charge in [0, 0.05) is 6.61 Å². The van der Waals surface area contributed by atoms with E-state index in [9.17, 15) is 5.11 Å². The van der Waals surface area contributed by atoms with Crippen LogP contribution in [0.5, 0.6) is 0 Å². The zero-order valence-corrected chi connectivity index (χ0v) is 10.5. The van der Waals surface area contributed by atoms with Gasteiger partial charge in [-0.05, 0) is 43.9 Å². The van der Waals surface area contributed by atoms with Crippen LogP contribution in [-0.4, -0.2) is 11.7 Å². The summed E-state index contributed by atoms with van der Waals surface area (Å²) in [7, 11) is 0. The number of hydrogen-bond donors (Lipinski definition) is 1. The zero-order valence-electron chi connectivity index (χ0n) is 10.5. The Bertz CT molecular complexity index is 273. The molecule has 0 saturated heterocycles. The van der Waals surface area contributed by atoms with E-state index in [1.807, 2.05) is 0 Å². The SMILES string of the molecule is C=C(C)[C@@H]1CC=C(C)[C@H](C(C)(C)CO)C1. The minimum atomic E-state index is -0.00525. The molecular formula is C14H24O. The van der Waals surface area contributed by atoms with Gasteiger partial charge in [0.25, 0.3) is 0 Å². The topological polar surface area (TPSA) is 20.2 Å². The Morgan fingerprint density at radius 2 is 2.20 bits per heavy atom. The van der Waals surface area contributed by atoms with Crippen LogP contribution in [0.15, 0.2) is 23.8 Å². The van der Waals surface area contributed by atoms with Gasteiger partial charge in [0.05, 0.1) is 0 Å². The predicted octanol–water partition coefficient (Wildman–Crippen LogP) is 3.55. The maximum atomic E-state index is 9.44. The Hall–Kier alpha value is -0.560. The molecule has 1 aliphatic rings. The maximum absolute atomic E-state index is 9.44. The van der Waals surface area contributed by atoms with Gasteiger partial charge < -0.3 is 5.11 Å². The molecule has 1 aliphatic carbocycles. The second kappa shape index (κ2) is 4.52. The van der Waals surface area contributed by atoms with E-state index in [2.05, 4.69) is 40.3 Å². The highest BCUT2D eigenvalue weighted by Crippen LogP contribution is 2.42. The highest BCUT2D eigenvalue weighted by molar-refractivity contribution is 5.16. The van der Waals surface area contributed by atoms with E-state index in [1.165, 1.54) is 11.1 Å². The van der Waals surface area contributed by atoms with Gasteiger partial charge in [-0.3, -0.25) is 0 Å². The van der Waals surface area contributed by atoms with Crippen molar-refractivity contribution < 1.29 is 5.11 Å². The van der Waals surface area contributed by atoms with Gasteiger partial charge in [-0.25, -0.2) is 0 Å². The first-order valence-electron chi connectivity index (χ1n) is 5.81. The lowest BCUT2D eigenvalue weighted by molar-refractivity contribution is 0.0980. The first kappa shape index (κ1) is 12.5. The van der Waals surface area contributed by atoms with E-state index in [1.54, 1.807) is 0 Å². The molecular weight excluding hydrogens is 184 g/mol. The quantitative estimate of drug-likeness (QED) is 0.703. The molecule has 86 valence electrons. The Morgan fingerprint density at radius 3 is 2.67 bits per heavy atom. The van der Waals surface area contributed by atoms with E-state index >= 15 is 0 Å². The molecule has 0 spiro atoms. The third-order valence-corrected chi connectivity index (χ3v) is 3.84. The van der Waals surface area contributed by atoms with Gasteiger partial charge in [0.15, 0.2) is 0 Å². The summed E-state index contributed by atoms with van der Waals surface area (Å²) in [6, 6.07) is 0. The molecule has 1 nitrogen and oxygen atoms in total. The van der Waals surface area contributed by atoms with Gasteiger partial charge >= 0.3 is 0 Å². The van der Waals surface area contributed by atoms with Crippen LogP contribution in [0.2, 0.25) is 0 Å². The minimum absolute atomic E-state index is 0.00525. The fourth-order valence-electron chi connectivity index (χ4n) is 2.48. The summed E-state index contributed by atoms with van der Waals surface area (Å²) in [5, 5.41) is 9.44. The lowest BCUT2D eigenvalue weighted by atomic mass is 9.67. The van der Waals surface area contributed by atoms with Crippen LogP contribution in [0, 0.1) is 17.3 Å². The van der Waals surface area contributed by atoms with Gasteiger partial charge in [-0.2, -0.15) is 0 Å². The van der Waals surface area contributed by atoms with Crippen molar-refractivity contribution in [3.05, 3.63) is 23.8 Å². The highest BCUT2D eigenvalue weighted by atomic mass is 16.3. The second-order valence-corrected chi connectivity index (χ2v) is 5.66. The molecule has 1 rings (SSSR count). The molecule has 0 aromatic rings. The average Bonchev–Trinajstić information content (AvgIpc) is 2.17. The summed E-state index contributed by atoms with van der Waals surface area (Å²) in [6.07, 6.45) is 4.59. The Kier molecular flexibility index (Phi) is 3.77. The van der Waals surface area contributed by atoms with Crippen molar-refractivity contribution in [2.75, 3.05) is 6.61 Å². The molecule has 15 heavy (non-hydrogen) atoms. The van der Waals surface area contributed by atoms with E-state index in [4.69, 9.17) is 0 Å². The van der Waals surface area contributed by atoms with Gasteiger partial charge in [0.1, 0.15) is 0 Å². The van der Waals surface area contributed by atoms with Gasteiger partial charge in [0.2, 0.25) is 0 Å². The summed E-state index contributed by atoms with van der Waals surface area (Å²) < 4.78 is 0. The average molecular weight is 208 g/mol. The lowest BCUT2D eigenvalue weighted by Crippen LogP contribution is -2.32. The highest BCUT2D eigenvalue weighted by Gasteiger charge is 2.34. The largest absolute Gasteiger partial charge is 0.396 e. The molecule has 0 bridgehead atoms. The number of aliphatic hydroxyl groups excluding tert-OH is 1. The fraction of sp³-hybridized carbons (Fsp3) is 0.714. The molecule has 0 aromatic heterocycles. The first-order valence-corrected chi connectivity index (χ1v) is 5.81. The van der Waals surface area contributed by atoms with E-state index in [0.717, 1.165) is 12.8 Å². The molecule has 0 amide bonds. The monoisotopic (exact) mass is 208 g/mol. The number of hydrogen-bond acceptors (Lipinski definition) is 1. The summed E-state index contributed by atoms with van der Waals surface area (Å²) in [5.74, 6) is 1.10. The number of rotatable bonds is 3. The minimum Gasteiger partial charge on any atom is -0.396 e. The normalized spacial score (nSPS) is 27.4. The van der Waals surface area contributed by atoms with Crippen molar-refractivity contribution in [1.82, 2.24) is 0 Å². The molecule has 0 aliphatic heterocycles. The van der Waals surface area contributed by atoms with Crippen LogP contribution in [0.25, 0.3) is 0 Å². The van der Waals surface area contributed by atoms with Crippen molar-refractivity contribution in [3.63, 3.8) is 0 Å². The van der Waals surface area contributed by atoms with Gasteiger partial charge in [-0.15, -0.1) is 0 Å². The first-order chi connectivity index (χ1) is 6.88. The summed E-state index contributed by atoms with van der Waals surface area (Å²) in [6.45, 7) is 12.9.